The number of amides is 1. The van der Waals surface area contributed by atoms with Gasteiger partial charge in [-0.3, -0.25) is 10.2 Å². The molecule has 1 heterocycles. The van der Waals surface area contributed by atoms with Crippen molar-refractivity contribution < 1.29 is 14.6 Å². The van der Waals surface area contributed by atoms with Crippen LogP contribution in [0.5, 0.6) is 5.75 Å². The van der Waals surface area contributed by atoms with Crippen molar-refractivity contribution in [2.24, 2.45) is 5.41 Å². The van der Waals surface area contributed by atoms with E-state index in [1.165, 1.54) is 12.1 Å². The van der Waals surface area contributed by atoms with Crippen LogP contribution in [0.3, 0.4) is 0 Å². The number of benzene rings is 2. The molecule has 0 unspecified atom stereocenters. The molecule has 6 heteroatoms. The Balaban J connectivity index is 1.62. The van der Waals surface area contributed by atoms with Gasteiger partial charge in [0.1, 0.15) is 11.5 Å². The van der Waals surface area contributed by atoms with Gasteiger partial charge in [0.2, 0.25) is 0 Å². The normalized spacial score (nSPS) is 15.2. The lowest BCUT2D eigenvalue weighted by Gasteiger charge is -2.42. The minimum atomic E-state index is -0.466. The number of fused-ring (bicyclic) bond motifs is 1. The molecule has 1 aliphatic rings. The molecule has 1 fully saturated rings. The highest BCUT2D eigenvalue weighted by Crippen LogP contribution is 2.44. The Kier molecular flexibility index (Phi) is 6.06. The van der Waals surface area contributed by atoms with Gasteiger partial charge in [-0.15, -0.1) is 0 Å². The molecular weight excluding hydrogens is 414 g/mol. The van der Waals surface area contributed by atoms with Crippen LogP contribution in [0.1, 0.15) is 51.3 Å². The number of rotatable bonds is 7. The van der Waals surface area contributed by atoms with Crippen molar-refractivity contribution in [3.8, 4) is 5.75 Å². The van der Waals surface area contributed by atoms with Gasteiger partial charge in [0.05, 0.1) is 13.7 Å². The van der Waals surface area contributed by atoms with E-state index in [0.717, 1.165) is 30.3 Å². The smallest absolute Gasteiger partial charge is 0.274 e. The van der Waals surface area contributed by atoms with Gasteiger partial charge in [0.15, 0.2) is 0 Å². The molecule has 0 radical (unpaired) electrons. The minimum Gasteiger partial charge on any atom is -0.497 e. The minimum absolute atomic E-state index is 0.0370. The molecule has 0 saturated heterocycles. The van der Waals surface area contributed by atoms with Crippen LogP contribution in [0, 0.1) is 10.8 Å². The molecule has 4 rings (SSSR count). The summed E-state index contributed by atoms with van der Waals surface area (Å²) in [4.78, 5) is 12.7. The van der Waals surface area contributed by atoms with Crippen molar-refractivity contribution in [3.63, 3.8) is 0 Å². The molecule has 6 nitrogen and oxygen atoms in total. The maximum absolute atomic E-state index is 12.7. The van der Waals surface area contributed by atoms with E-state index in [0.29, 0.717) is 17.0 Å². The SMILES string of the molecule is COc1cccc(C(=N)C(=O)Nc2ccc3c(c2)cc(C(C)(C)C)n3CC2(CO)CCC2)c1. The summed E-state index contributed by atoms with van der Waals surface area (Å²) in [5.41, 5.74) is 3.26. The monoisotopic (exact) mass is 447 g/mol. The van der Waals surface area contributed by atoms with E-state index in [1.807, 2.05) is 18.2 Å². The van der Waals surface area contributed by atoms with Crippen LogP contribution in [0.15, 0.2) is 48.5 Å². The van der Waals surface area contributed by atoms with E-state index in [-0.39, 0.29) is 23.1 Å². The van der Waals surface area contributed by atoms with Crippen LogP contribution in [-0.4, -0.2) is 35.0 Å². The molecule has 2 aromatic carbocycles. The number of aliphatic hydroxyl groups is 1. The standard InChI is InChI=1S/C27H33N3O3/c1-26(2,3)23-15-19-13-20(9-10-22(19)30(23)16-27(17-31)11-6-12-27)29-25(32)24(28)18-7-5-8-21(14-18)33-4/h5,7-10,13-15,28,31H,6,11-12,16-17H2,1-4H3,(H,29,32). The third-order valence-electron chi connectivity index (χ3n) is 6.76. The Morgan fingerprint density at radius 2 is 1.94 bits per heavy atom. The Hall–Kier alpha value is -3.12. The number of anilines is 1. The highest BCUT2D eigenvalue weighted by molar-refractivity contribution is 6.47. The quantitative estimate of drug-likeness (QED) is 0.440. The maximum Gasteiger partial charge on any atom is 0.274 e. The first-order chi connectivity index (χ1) is 15.7. The molecular formula is C27H33N3O3. The number of ether oxygens (including phenoxy) is 1. The number of carbonyl (C=O) groups is 1. The van der Waals surface area contributed by atoms with Crippen LogP contribution < -0.4 is 10.1 Å². The van der Waals surface area contributed by atoms with Gasteiger partial charge in [-0.25, -0.2) is 0 Å². The lowest BCUT2D eigenvalue weighted by molar-refractivity contribution is -0.110. The summed E-state index contributed by atoms with van der Waals surface area (Å²) < 4.78 is 7.54. The number of nitrogens with one attached hydrogen (secondary N) is 2. The first-order valence-corrected chi connectivity index (χ1v) is 11.4. The average Bonchev–Trinajstić information content (AvgIpc) is 3.13. The molecule has 0 atom stereocenters. The van der Waals surface area contributed by atoms with Crippen molar-refractivity contribution in [1.82, 2.24) is 4.57 Å². The van der Waals surface area contributed by atoms with Crippen LogP contribution in [0.25, 0.3) is 10.9 Å². The fraction of sp³-hybridized carbons (Fsp3) is 0.407. The van der Waals surface area contributed by atoms with Gasteiger partial charge >= 0.3 is 0 Å². The van der Waals surface area contributed by atoms with Crippen molar-refractivity contribution in [2.75, 3.05) is 19.0 Å². The zero-order valence-electron chi connectivity index (χ0n) is 19.9. The second kappa shape index (κ2) is 8.67. The molecule has 1 aromatic heterocycles. The predicted molar refractivity (Wildman–Crippen MR) is 132 cm³/mol. The van der Waals surface area contributed by atoms with E-state index in [1.54, 1.807) is 31.4 Å². The topological polar surface area (TPSA) is 87.3 Å². The molecule has 0 bridgehead atoms. The van der Waals surface area contributed by atoms with Crippen LogP contribution in [-0.2, 0) is 16.8 Å². The van der Waals surface area contributed by atoms with Crippen molar-refractivity contribution in [1.29, 1.82) is 5.41 Å². The van der Waals surface area contributed by atoms with Crippen molar-refractivity contribution >= 4 is 28.2 Å². The fourth-order valence-corrected chi connectivity index (χ4v) is 4.62. The summed E-state index contributed by atoms with van der Waals surface area (Å²) >= 11 is 0. The summed E-state index contributed by atoms with van der Waals surface area (Å²) in [6, 6.07) is 15.0. The third kappa shape index (κ3) is 4.53. The highest BCUT2D eigenvalue weighted by Gasteiger charge is 2.38. The zero-order chi connectivity index (χ0) is 23.8. The number of hydrogen-bond acceptors (Lipinski definition) is 4. The molecule has 1 aliphatic carbocycles. The number of nitrogens with zero attached hydrogens (tertiary/aromatic N) is 1. The Morgan fingerprint density at radius 1 is 1.18 bits per heavy atom. The average molecular weight is 448 g/mol. The van der Waals surface area contributed by atoms with E-state index >= 15 is 0 Å². The molecule has 174 valence electrons. The van der Waals surface area contributed by atoms with Gasteiger partial charge in [-0.1, -0.05) is 39.3 Å². The van der Waals surface area contributed by atoms with Crippen LogP contribution >= 0.6 is 0 Å². The predicted octanol–water partition coefficient (Wildman–Crippen LogP) is 5.12. The molecule has 3 aromatic rings. The number of carbonyl (C=O) groups excluding carboxylic acids is 1. The van der Waals surface area contributed by atoms with E-state index in [4.69, 9.17) is 10.1 Å². The summed E-state index contributed by atoms with van der Waals surface area (Å²) in [6.45, 7) is 7.59. The summed E-state index contributed by atoms with van der Waals surface area (Å²) in [5.74, 6) is 0.140. The van der Waals surface area contributed by atoms with Gasteiger partial charge in [0, 0.05) is 45.2 Å². The largest absolute Gasteiger partial charge is 0.497 e. The van der Waals surface area contributed by atoms with Gasteiger partial charge < -0.3 is 19.7 Å². The number of aliphatic hydroxyl groups excluding tert-OH is 1. The second-order valence-corrected chi connectivity index (χ2v) is 10.2. The van der Waals surface area contributed by atoms with Gasteiger partial charge in [0.25, 0.3) is 5.91 Å². The molecule has 0 spiro atoms. The molecule has 33 heavy (non-hydrogen) atoms. The maximum atomic E-state index is 12.7. The first-order valence-electron chi connectivity index (χ1n) is 11.4. The number of methoxy groups -OCH3 is 1. The lowest BCUT2D eigenvalue weighted by Crippen LogP contribution is -2.38. The Labute approximate surface area is 195 Å². The Morgan fingerprint density at radius 3 is 2.55 bits per heavy atom. The lowest BCUT2D eigenvalue weighted by atomic mass is 9.69. The number of hydrogen-bond donors (Lipinski definition) is 3. The Bertz CT molecular complexity index is 1190. The summed E-state index contributed by atoms with van der Waals surface area (Å²) in [6.07, 6.45) is 3.26. The first kappa shape index (κ1) is 23.1. The van der Waals surface area contributed by atoms with E-state index < -0.39 is 5.91 Å². The van der Waals surface area contributed by atoms with Crippen molar-refractivity contribution in [3.05, 3.63) is 59.8 Å². The van der Waals surface area contributed by atoms with E-state index in [2.05, 4.69) is 36.7 Å². The van der Waals surface area contributed by atoms with Gasteiger partial charge in [-0.2, -0.15) is 0 Å². The number of aromatic nitrogens is 1. The zero-order valence-corrected chi connectivity index (χ0v) is 19.9. The third-order valence-corrected chi connectivity index (χ3v) is 6.76. The van der Waals surface area contributed by atoms with Crippen LogP contribution in [0.2, 0.25) is 0 Å². The van der Waals surface area contributed by atoms with Crippen LogP contribution in [0.4, 0.5) is 5.69 Å². The highest BCUT2D eigenvalue weighted by atomic mass is 16.5. The molecule has 1 saturated carbocycles. The van der Waals surface area contributed by atoms with Crippen molar-refractivity contribution in [2.45, 2.75) is 52.0 Å². The summed E-state index contributed by atoms with van der Waals surface area (Å²) in [5, 5.41) is 22.2. The van der Waals surface area contributed by atoms with E-state index in [9.17, 15) is 9.90 Å². The molecule has 3 N–H and O–H groups in total. The summed E-state index contributed by atoms with van der Waals surface area (Å²) in [7, 11) is 1.56. The second-order valence-electron chi connectivity index (χ2n) is 10.2. The molecule has 1 amide bonds. The van der Waals surface area contributed by atoms with Gasteiger partial charge in [-0.05, 0) is 49.2 Å². The molecule has 0 aliphatic heterocycles. The fourth-order valence-electron chi connectivity index (χ4n) is 4.62.